The highest BCUT2D eigenvalue weighted by atomic mass is 35.5. The van der Waals surface area contributed by atoms with Crippen molar-refractivity contribution in [1.29, 1.82) is 0 Å². The first kappa shape index (κ1) is 11.2. The van der Waals surface area contributed by atoms with Gasteiger partial charge in [-0.25, -0.2) is 0 Å². The van der Waals surface area contributed by atoms with Crippen molar-refractivity contribution in [2.24, 2.45) is 5.92 Å². The van der Waals surface area contributed by atoms with Crippen molar-refractivity contribution in [3.8, 4) is 0 Å². The quantitative estimate of drug-likeness (QED) is 0.734. The molecule has 0 bridgehead atoms. The topological polar surface area (TPSA) is 32.3 Å². The first-order chi connectivity index (χ1) is 6.86. The van der Waals surface area contributed by atoms with Crippen molar-refractivity contribution >= 4 is 18.3 Å². The average molecular weight is 231 g/mol. The fourth-order valence-corrected chi connectivity index (χ4v) is 3.24. The summed E-state index contributed by atoms with van der Waals surface area (Å²) in [5, 5.41) is 3.29. The zero-order valence-corrected chi connectivity index (χ0v) is 9.76. The lowest BCUT2D eigenvalue weighted by Gasteiger charge is -2.45. The second-order valence-corrected chi connectivity index (χ2v) is 4.90. The molecule has 3 nitrogen and oxygen atoms in total. The van der Waals surface area contributed by atoms with E-state index in [0.717, 1.165) is 25.4 Å². The molecule has 0 aromatic heterocycles. The van der Waals surface area contributed by atoms with E-state index < -0.39 is 0 Å². The van der Waals surface area contributed by atoms with E-state index in [0.29, 0.717) is 11.9 Å². The molecule has 2 aliphatic heterocycles. The zero-order valence-electron chi connectivity index (χ0n) is 8.95. The summed E-state index contributed by atoms with van der Waals surface area (Å²) >= 11 is 0. The predicted octanol–water partition coefficient (Wildman–Crippen LogP) is 1.17. The number of fused-ring (bicyclic) bond motifs is 1. The van der Waals surface area contributed by atoms with Crippen LogP contribution in [0.4, 0.5) is 0 Å². The predicted molar refractivity (Wildman–Crippen MR) is 61.1 cm³/mol. The molecule has 0 aromatic carbocycles. The van der Waals surface area contributed by atoms with E-state index in [4.69, 9.17) is 0 Å². The summed E-state index contributed by atoms with van der Waals surface area (Å²) < 4.78 is 0. The number of amides is 1. The first-order valence-electron chi connectivity index (χ1n) is 5.90. The molecule has 1 amide bonds. The Morgan fingerprint density at radius 3 is 2.73 bits per heavy atom. The largest absolute Gasteiger partial charge is 0.338 e. The third-order valence-corrected chi connectivity index (χ3v) is 4.09. The highest BCUT2D eigenvalue weighted by Crippen LogP contribution is 2.39. The lowest BCUT2D eigenvalue weighted by molar-refractivity contribution is -0.144. The van der Waals surface area contributed by atoms with Gasteiger partial charge in [0, 0.05) is 12.6 Å². The van der Waals surface area contributed by atoms with Crippen molar-refractivity contribution in [1.82, 2.24) is 10.2 Å². The van der Waals surface area contributed by atoms with Gasteiger partial charge in [0.2, 0.25) is 5.91 Å². The standard InChI is InChI=1S/C11H18N2O.ClH/c14-11(9-4-2-6-12-9)13-7-8-3-1-5-10(8)13;/h8-10,12H,1-7H2;1H/t8?,9-,10?;/m1./s1. The fourth-order valence-electron chi connectivity index (χ4n) is 3.24. The van der Waals surface area contributed by atoms with Crippen LogP contribution in [0.25, 0.3) is 0 Å². The summed E-state index contributed by atoms with van der Waals surface area (Å²) in [7, 11) is 0. The van der Waals surface area contributed by atoms with Crippen LogP contribution in [-0.2, 0) is 4.79 Å². The summed E-state index contributed by atoms with van der Waals surface area (Å²) in [4.78, 5) is 14.2. The van der Waals surface area contributed by atoms with Gasteiger partial charge in [0.1, 0.15) is 0 Å². The molecular formula is C11H19ClN2O. The Morgan fingerprint density at radius 2 is 2.07 bits per heavy atom. The monoisotopic (exact) mass is 230 g/mol. The molecule has 1 aliphatic carbocycles. The summed E-state index contributed by atoms with van der Waals surface area (Å²) in [6.07, 6.45) is 6.15. The van der Waals surface area contributed by atoms with E-state index in [-0.39, 0.29) is 18.4 Å². The maximum atomic E-state index is 12.0. The van der Waals surface area contributed by atoms with E-state index in [2.05, 4.69) is 10.2 Å². The minimum absolute atomic E-state index is 0. The van der Waals surface area contributed by atoms with Gasteiger partial charge in [-0.3, -0.25) is 4.79 Å². The molecule has 1 saturated carbocycles. The van der Waals surface area contributed by atoms with Crippen LogP contribution in [0.15, 0.2) is 0 Å². The van der Waals surface area contributed by atoms with Gasteiger partial charge in [0.05, 0.1) is 6.04 Å². The molecule has 2 saturated heterocycles. The van der Waals surface area contributed by atoms with Crippen LogP contribution in [0.3, 0.4) is 0 Å². The van der Waals surface area contributed by atoms with Crippen LogP contribution in [0.2, 0.25) is 0 Å². The summed E-state index contributed by atoms with van der Waals surface area (Å²) in [5.41, 5.74) is 0. The number of likely N-dealkylation sites (tertiary alicyclic amines) is 1. The van der Waals surface area contributed by atoms with Crippen LogP contribution in [0.5, 0.6) is 0 Å². The molecule has 3 aliphatic rings. The highest BCUT2D eigenvalue weighted by Gasteiger charge is 2.46. The van der Waals surface area contributed by atoms with Crippen LogP contribution in [0.1, 0.15) is 32.1 Å². The summed E-state index contributed by atoms with van der Waals surface area (Å²) in [5.74, 6) is 1.23. The van der Waals surface area contributed by atoms with Crippen molar-refractivity contribution in [3.05, 3.63) is 0 Å². The van der Waals surface area contributed by atoms with Crippen molar-refractivity contribution < 1.29 is 4.79 Å². The van der Waals surface area contributed by atoms with Gasteiger partial charge in [0.25, 0.3) is 0 Å². The van der Waals surface area contributed by atoms with Crippen molar-refractivity contribution in [3.63, 3.8) is 0 Å². The van der Waals surface area contributed by atoms with E-state index in [1.807, 2.05) is 0 Å². The maximum Gasteiger partial charge on any atom is 0.239 e. The number of carbonyl (C=O) groups is 1. The van der Waals surface area contributed by atoms with Gasteiger partial charge in [-0.1, -0.05) is 6.42 Å². The number of nitrogens with zero attached hydrogens (tertiary/aromatic N) is 1. The molecule has 3 rings (SSSR count). The number of nitrogens with one attached hydrogen (secondary N) is 1. The SMILES string of the molecule is Cl.O=C([C@H]1CCCN1)N1CC2CCCC21. The molecule has 0 spiro atoms. The van der Waals surface area contributed by atoms with Gasteiger partial charge < -0.3 is 10.2 Å². The Balaban J connectivity index is 0.000000853. The maximum absolute atomic E-state index is 12.0. The summed E-state index contributed by atoms with van der Waals surface area (Å²) in [6.45, 7) is 2.07. The Morgan fingerprint density at radius 1 is 1.20 bits per heavy atom. The normalized spacial score (nSPS) is 38.1. The molecule has 15 heavy (non-hydrogen) atoms. The van der Waals surface area contributed by atoms with Gasteiger partial charge in [-0.15, -0.1) is 12.4 Å². The Labute approximate surface area is 97.0 Å². The Kier molecular flexibility index (Phi) is 3.21. The molecule has 0 aromatic rings. The van der Waals surface area contributed by atoms with E-state index >= 15 is 0 Å². The van der Waals surface area contributed by atoms with Gasteiger partial charge in [-0.2, -0.15) is 0 Å². The first-order valence-corrected chi connectivity index (χ1v) is 5.90. The van der Waals surface area contributed by atoms with E-state index in [1.165, 1.54) is 25.7 Å². The van der Waals surface area contributed by atoms with Crippen LogP contribution < -0.4 is 5.32 Å². The lowest BCUT2D eigenvalue weighted by atomic mass is 9.91. The van der Waals surface area contributed by atoms with Crippen LogP contribution in [-0.4, -0.2) is 36.0 Å². The van der Waals surface area contributed by atoms with Gasteiger partial charge in [0.15, 0.2) is 0 Å². The number of rotatable bonds is 1. The molecule has 1 N–H and O–H groups in total. The molecule has 4 heteroatoms. The second-order valence-electron chi connectivity index (χ2n) is 4.90. The van der Waals surface area contributed by atoms with Gasteiger partial charge in [-0.05, 0) is 38.1 Å². The lowest BCUT2D eigenvalue weighted by Crippen LogP contribution is -2.59. The minimum Gasteiger partial charge on any atom is -0.338 e. The third-order valence-electron chi connectivity index (χ3n) is 4.09. The van der Waals surface area contributed by atoms with Crippen LogP contribution >= 0.6 is 12.4 Å². The Hall–Kier alpha value is -0.280. The zero-order chi connectivity index (χ0) is 9.54. The van der Waals surface area contributed by atoms with Gasteiger partial charge >= 0.3 is 0 Å². The second kappa shape index (κ2) is 4.30. The van der Waals surface area contributed by atoms with Crippen molar-refractivity contribution in [2.75, 3.05) is 13.1 Å². The number of carbonyl (C=O) groups excluding carboxylic acids is 1. The fraction of sp³-hybridized carbons (Fsp3) is 0.909. The third kappa shape index (κ3) is 1.76. The Bertz CT molecular complexity index is 253. The molecule has 2 heterocycles. The van der Waals surface area contributed by atoms with E-state index in [1.54, 1.807) is 0 Å². The smallest absolute Gasteiger partial charge is 0.239 e. The summed E-state index contributed by atoms with van der Waals surface area (Å²) in [6, 6.07) is 0.765. The highest BCUT2D eigenvalue weighted by molar-refractivity contribution is 5.85. The molecule has 3 atom stereocenters. The van der Waals surface area contributed by atoms with E-state index in [9.17, 15) is 4.79 Å². The molecule has 86 valence electrons. The number of hydrogen-bond acceptors (Lipinski definition) is 2. The molecule has 3 fully saturated rings. The number of hydrogen-bond donors (Lipinski definition) is 1. The van der Waals surface area contributed by atoms with Crippen molar-refractivity contribution in [2.45, 2.75) is 44.2 Å². The number of halogens is 1. The molecular weight excluding hydrogens is 212 g/mol. The molecule has 0 radical (unpaired) electrons. The minimum atomic E-state index is 0. The van der Waals surface area contributed by atoms with Crippen LogP contribution in [0, 0.1) is 5.92 Å². The molecule has 2 unspecified atom stereocenters. The average Bonchev–Trinajstić information content (AvgIpc) is 2.75.